The van der Waals surface area contributed by atoms with Gasteiger partial charge in [-0.2, -0.15) is 0 Å². The van der Waals surface area contributed by atoms with E-state index in [1.165, 1.54) is 11.3 Å². The first-order valence-electron chi connectivity index (χ1n) is 5.86. The summed E-state index contributed by atoms with van der Waals surface area (Å²) in [4.78, 5) is 11.2. The van der Waals surface area contributed by atoms with Gasteiger partial charge in [-0.25, -0.2) is 0 Å². The Morgan fingerprint density at radius 3 is 3.06 bits per heavy atom. The van der Waals surface area contributed by atoms with Crippen LogP contribution in [0.25, 0.3) is 0 Å². The number of rotatable bonds is 4. The lowest BCUT2D eigenvalue weighted by atomic mass is 9.80. The molecule has 1 N–H and O–H groups in total. The highest BCUT2D eigenvalue weighted by atomic mass is 32.2. The van der Waals surface area contributed by atoms with Gasteiger partial charge in [0.05, 0.1) is 5.92 Å². The molecule has 0 saturated heterocycles. The van der Waals surface area contributed by atoms with Gasteiger partial charge in [0.2, 0.25) is 0 Å². The Hall–Kier alpha value is -0.620. The molecule has 1 aliphatic carbocycles. The van der Waals surface area contributed by atoms with Crippen molar-refractivity contribution < 1.29 is 9.90 Å². The molecule has 1 saturated carbocycles. The number of hydrogen-bond donors (Lipinski definition) is 1. The lowest BCUT2D eigenvalue weighted by Gasteiger charge is -2.32. The monoisotopic (exact) mass is 272 g/mol. The van der Waals surface area contributed by atoms with Crippen molar-refractivity contribution in [3.8, 4) is 0 Å². The summed E-state index contributed by atoms with van der Waals surface area (Å²) in [6, 6.07) is 0. The second kappa shape index (κ2) is 5.82. The molecule has 1 fully saturated rings. The van der Waals surface area contributed by atoms with Crippen molar-refractivity contribution in [3.05, 3.63) is 5.51 Å². The summed E-state index contributed by atoms with van der Waals surface area (Å²) in [5, 5.41) is 17.2. The second-order valence-electron chi connectivity index (χ2n) is 4.39. The van der Waals surface area contributed by atoms with E-state index in [9.17, 15) is 9.90 Å². The van der Waals surface area contributed by atoms with Crippen LogP contribution in [-0.4, -0.2) is 26.5 Å². The molecule has 3 unspecified atom stereocenters. The Morgan fingerprint density at radius 1 is 1.65 bits per heavy atom. The normalized spacial score (nSPS) is 29.1. The van der Waals surface area contributed by atoms with E-state index >= 15 is 0 Å². The molecule has 0 aliphatic heterocycles. The molecule has 0 spiro atoms. The molecule has 3 atom stereocenters. The molecule has 1 aliphatic rings. The van der Waals surface area contributed by atoms with Crippen LogP contribution in [0.2, 0.25) is 0 Å². The highest BCUT2D eigenvalue weighted by molar-refractivity contribution is 8.01. The summed E-state index contributed by atoms with van der Waals surface area (Å²) in [5.74, 6) is -0.232. The van der Waals surface area contributed by atoms with E-state index in [0.717, 1.165) is 30.0 Å². The maximum atomic E-state index is 11.2. The predicted molar refractivity (Wildman–Crippen MR) is 68.3 cm³/mol. The number of aromatic nitrogens is 2. The number of hydrogen-bond acceptors (Lipinski definition) is 5. The zero-order valence-electron chi connectivity index (χ0n) is 9.70. The largest absolute Gasteiger partial charge is 0.481 e. The third-order valence-electron chi connectivity index (χ3n) is 3.39. The predicted octanol–water partition coefficient (Wildman–Crippen LogP) is 2.91. The third-order valence-corrected chi connectivity index (χ3v) is 5.55. The van der Waals surface area contributed by atoms with Gasteiger partial charge in [-0.1, -0.05) is 36.4 Å². The minimum absolute atomic E-state index is 0.152. The number of nitrogens with zero attached hydrogens (tertiary/aromatic N) is 2. The standard InChI is InChI=1S/C11H16N2O2S2/c1-2-7-3-4-8(10(14)15)9(5-7)17-11-13-12-6-16-11/h6-9H,2-5H2,1H3,(H,14,15). The van der Waals surface area contributed by atoms with Crippen molar-refractivity contribution in [3.63, 3.8) is 0 Å². The second-order valence-corrected chi connectivity index (χ2v) is 6.71. The molecule has 94 valence electrons. The van der Waals surface area contributed by atoms with Crippen molar-refractivity contribution in [2.75, 3.05) is 0 Å². The number of carboxylic acid groups (broad SMARTS) is 1. The highest BCUT2D eigenvalue weighted by Gasteiger charge is 2.35. The van der Waals surface area contributed by atoms with Gasteiger partial charge in [0, 0.05) is 5.25 Å². The summed E-state index contributed by atoms with van der Waals surface area (Å²) in [7, 11) is 0. The maximum absolute atomic E-state index is 11.2. The summed E-state index contributed by atoms with van der Waals surface area (Å²) < 4.78 is 0.887. The molecule has 0 amide bonds. The molecular weight excluding hydrogens is 256 g/mol. The fourth-order valence-corrected chi connectivity index (χ4v) is 4.48. The molecule has 6 heteroatoms. The average molecular weight is 272 g/mol. The van der Waals surface area contributed by atoms with E-state index in [1.807, 2.05) is 0 Å². The molecule has 1 aromatic heterocycles. The van der Waals surface area contributed by atoms with Gasteiger partial charge >= 0.3 is 5.97 Å². The summed E-state index contributed by atoms with van der Waals surface area (Å²) in [6.45, 7) is 2.18. The summed E-state index contributed by atoms with van der Waals surface area (Å²) >= 11 is 3.08. The van der Waals surface area contributed by atoms with Crippen LogP contribution in [-0.2, 0) is 4.79 Å². The van der Waals surface area contributed by atoms with Gasteiger partial charge in [0.25, 0.3) is 0 Å². The van der Waals surface area contributed by atoms with E-state index in [-0.39, 0.29) is 11.2 Å². The van der Waals surface area contributed by atoms with Gasteiger partial charge in [-0.3, -0.25) is 4.79 Å². The van der Waals surface area contributed by atoms with E-state index in [1.54, 1.807) is 17.3 Å². The molecular formula is C11H16N2O2S2. The van der Waals surface area contributed by atoms with Gasteiger partial charge in [0.1, 0.15) is 5.51 Å². The van der Waals surface area contributed by atoms with Crippen LogP contribution >= 0.6 is 23.1 Å². The first-order valence-corrected chi connectivity index (χ1v) is 7.62. The first kappa shape index (κ1) is 12.8. The average Bonchev–Trinajstić information content (AvgIpc) is 2.81. The fourth-order valence-electron chi connectivity index (χ4n) is 2.34. The molecule has 2 rings (SSSR count). The van der Waals surface area contributed by atoms with Gasteiger partial charge in [-0.05, 0) is 25.2 Å². The minimum atomic E-state index is -0.665. The van der Waals surface area contributed by atoms with E-state index in [2.05, 4.69) is 17.1 Å². The van der Waals surface area contributed by atoms with Gasteiger partial charge < -0.3 is 5.11 Å². The Morgan fingerprint density at radius 2 is 2.47 bits per heavy atom. The molecule has 0 aromatic carbocycles. The molecule has 1 heterocycles. The Kier molecular flexibility index (Phi) is 4.39. The van der Waals surface area contributed by atoms with Crippen molar-refractivity contribution in [2.45, 2.75) is 42.2 Å². The zero-order chi connectivity index (χ0) is 12.3. The smallest absolute Gasteiger partial charge is 0.307 e. The van der Waals surface area contributed by atoms with Crippen molar-refractivity contribution >= 4 is 29.1 Å². The van der Waals surface area contributed by atoms with E-state index in [4.69, 9.17) is 0 Å². The molecule has 0 bridgehead atoms. The first-order chi connectivity index (χ1) is 8.20. The SMILES string of the molecule is CCC1CCC(C(=O)O)C(Sc2nncs2)C1. The van der Waals surface area contributed by atoms with Crippen LogP contribution in [0, 0.1) is 11.8 Å². The topological polar surface area (TPSA) is 63.1 Å². The van der Waals surface area contributed by atoms with Crippen molar-refractivity contribution in [2.24, 2.45) is 11.8 Å². The van der Waals surface area contributed by atoms with Crippen molar-refractivity contribution in [1.82, 2.24) is 10.2 Å². The van der Waals surface area contributed by atoms with Gasteiger partial charge in [-0.15, -0.1) is 10.2 Å². The summed E-state index contributed by atoms with van der Waals surface area (Å²) in [5.41, 5.74) is 1.69. The van der Waals surface area contributed by atoms with Crippen LogP contribution in [0.5, 0.6) is 0 Å². The number of carbonyl (C=O) groups is 1. The van der Waals surface area contributed by atoms with E-state index in [0.29, 0.717) is 5.92 Å². The Labute approximate surface area is 109 Å². The lowest BCUT2D eigenvalue weighted by Crippen LogP contribution is -2.32. The van der Waals surface area contributed by atoms with Crippen LogP contribution in [0.3, 0.4) is 0 Å². The Balaban J connectivity index is 2.05. The summed E-state index contributed by atoms with van der Waals surface area (Å²) in [6.07, 6.45) is 3.96. The fraction of sp³-hybridized carbons (Fsp3) is 0.727. The molecule has 17 heavy (non-hydrogen) atoms. The molecule has 0 radical (unpaired) electrons. The maximum Gasteiger partial charge on any atom is 0.307 e. The van der Waals surface area contributed by atoms with Crippen LogP contribution in [0.4, 0.5) is 0 Å². The molecule has 4 nitrogen and oxygen atoms in total. The van der Waals surface area contributed by atoms with Crippen molar-refractivity contribution in [1.29, 1.82) is 0 Å². The Bertz CT molecular complexity index is 370. The number of aliphatic carboxylic acids is 1. The van der Waals surface area contributed by atoms with Crippen LogP contribution in [0.15, 0.2) is 9.85 Å². The highest BCUT2D eigenvalue weighted by Crippen LogP contribution is 2.41. The zero-order valence-corrected chi connectivity index (χ0v) is 11.3. The van der Waals surface area contributed by atoms with Gasteiger partial charge in [0.15, 0.2) is 4.34 Å². The molecule has 1 aromatic rings. The van der Waals surface area contributed by atoms with Crippen LogP contribution < -0.4 is 0 Å². The third kappa shape index (κ3) is 3.19. The quantitative estimate of drug-likeness (QED) is 0.913. The van der Waals surface area contributed by atoms with E-state index < -0.39 is 5.97 Å². The number of carboxylic acids is 1. The minimum Gasteiger partial charge on any atom is -0.481 e. The van der Waals surface area contributed by atoms with Crippen LogP contribution in [0.1, 0.15) is 32.6 Å². The lowest BCUT2D eigenvalue weighted by molar-refractivity contribution is -0.142. The number of thioether (sulfide) groups is 1.